The van der Waals surface area contributed by atoms with Gasteiger partial charge in [0.2, 0.25) is 5.91 Å². The average molecular weight is 396 g/mol. The number of carbonyl (C=O) groups is 3. The van der Waals surface area contributed by atoms with E-state index in [1.165, 1.54) is 0 Å². The standard InChI is InChI=1S/C22H28N4O3/c1-16-20(17(2)26(24-16)18-10-5-3-6-11-18)21(28)22(29)23-13-9-15-25-14-8-4-7-12-19(25)27/h3,5-6,10-11H,4,7-9,12-15H2,1-2H3,(H,23,29). The average Bonchev–Trinajstić information content (AvgIpc) is 2.87. The molecular formula is C22H28N4O3. The lowest BCUT2D eigenvalue weighted by atomic mass is 10.1. The van der Waals surface area contributed by atoms with Crippen LogP contribution in [0.2, 0.25) is 0 Å². The minimum Gasteiger partial charge on any atom is -0.349 e. The first-order chi connectivity index (χ1) is 14.0. The smallest absolute Gasteiger partial charge is 0.292 e. The van der Waals surface area contributed by atoms with Crippen LogP contribution in [0.3, 0.4) is 0 Å². The van der Waals surface area contributed by atoms with Crippen molar-refractivity contribution >= 4 is 17.6 Å². The number of para-hydroxylation sites is 1. The van der Waals surface area contributed by atoms with E-state index in [1.54, 1.807) is 18.5 Å². The maximum Gasteiger partial charge on any atom is 0.292 e. The van der Waals surface area contributed by atoms with E-state index in [-0.39, 0.29) is 5.91 Å². The molecule has 1 fully saturated rings. The zero-order valence-corrected chi connectivity index (χ0v) is 17.1. The molecule has 1 aromatic heterocycles. The minimum absolute atomic E-state index is 0.185. The Balaban J connectivity index is 1.57. The third kappa shape index (κ3) is 4.91. The Labute approximate surface area is 171 Å². The topological polar surface area (TPSA) is 84.3 Å². The predicted octanol–water partition coefficient (Wildman–Crippen LogP) is 2.58. The predicted molar refractivity (Wildman–Crippen MR) is 110 cm³/mol. The van der Waals surface area contributed by atoms with Crippen LogP contribution >= 0.6 is 0 Å². The Hall–Kier alpha value is -2.96. The number of benzene rings is 1. The zero-order chi connectivity index (χ0) is 20.8. The maximum absolute atomic E-state index is 12.7. The number of aryl methyl sites for hydroxylation is 1. The first-order valence-corrected chi connectivity index (χ1v) is 10.2. The second-order valence-electron chi connectivity index (χ2n) is 7.42. The number of nitrogens with one attached hydrogen (secondary N) is 1. The van der Waals surface area contributed by atoms with E-state index in [4.69, 9.17) is 0 Å². The van der Waals surface area contributed by atoms with E-state index in [2.05, 4.69) is 10.4 Å². The molecule has 1 saturated heterocycles. The summed E-state index contributed by atoms with van der Waals surface area (Å²) in [6.45, 7) is 5.27. The van der Waals surface area contributed by atoms with Crippen LogP contribution in [-0.4, -0.2) is 51.9 Å². The van der Waals surface area contributed by atoms with Crippen molar-refractivity contribution in [3.8, 4) is 5.69 Å². The molecular weight excluding hydrogens is 368 g/mol. The first-order valence-electron chi connectivity index (χ1n) is 10.2. The Kier molecular flexibility index (Phi) is 6.80. The lowest BCUT2D eigenvalue weighted by Gasteiger charge is -2.20. The molecule has 0 atom stereocenters. The lowest BCUT2D eigenvalue weighted by Crippen LogP contribution is -2.36. The molecule has 0 radical (unpaired) electrons. The fourth-order valence-corrected chi connectivity index (χ4v) is 3.73. The van der Waals surface area contributed by atoms with Crippen molar-refractivity contribution < 1.29 is 14.4 Å². The van der Waals surface area contributed by atoms with Crippen LogP contribution in [0, 0.1) is 13.8 Å². The van der Waals surface area contributed by atoms with Crippen molar-refractivity contribution in [2.45, 2.75) is 46.0 Å². The van der Waals surface area contributed by atoms with Gasteiger partial charge in [0.1, 0.15) is 0 Å². The SMILES string of the molecule is Cc1nn(-c2ccccc2)c(C)c1C(=O)C(=O)NCCCN1CCCCCC1=O. The molecule has 0 unspecified atom stereocenters. The Bertz CT molecular complexity index is 889. The summed E-state index contributed by atoms with van der Waals surface area (Å²) in [7, 11) is 0. The van der Waals surface area contributed by atoms with Gasteiger partial charge in [-0.3, -0.25) is 14.4 Å². The highest BCUT2D eigenvalue weighted by molar-refractivity contribution is 6.43. The molecule has 1 aliphatic heterocycles. The van der Waals surface area contributed by atoms with Crippen molar-refractivity contribution in [2.24, 2.45) is 0 Å². The molecule has 3 rings (SSSR count). The van der Waals surface area contributed by atoms with Crippen LogP contribution in [0.15, 0.2) is 30.3 Å². The number of amides is 2. The van der Waals surface area contributed by atoms with E-state index in [9.17, 15) is 14.4 Å². The largest absolute Gasteiger partial charge is 0.349 e. The van der Waals surface area contributed by atoms with Gasteiger partial charge in [0, 0.05) is 26.1 Å². The summed E-state index contributed by atoms with van der Waals surface area (Å²) in [5.41, 5.74) is 2.36. The minimum atomic E-state index is -0.633. The summed E-state index contributed by atoms with van der Waals surface area (Å²) in [4.78, 5) is 38.9. The van der Waals surface area contributed by atoms with Gasteiger partial charge in [0.25, 0.3) is 11.7 Å². The van der Waals surface area contributed by atoms with Crippen molar-refractivity contribution in [1.29, 1.82) is 0 Å². The number of carbonyl (C=O) groups excluding carboxylic acids is 3. The molecule has 0 aliphatic carbocycles. The summed E-state index contributed by atoms with van der Waals surface area (Å²) in [6, 6.07) is 9.51. The zero-order valence-electron chi connectivity index (χ0n) is 17.1. The van der Waals surface area contributed by atoms with Gasteiger partial charge in [-0.05, 0) is 45.2 Å². The van der Waals surface area contributed by atoms with Crippen LogP contribution < -0.4 is 5.32 Å². The summed E-state index contributed by atoms with van der Waals surface area (Å²) in [6.07, 6.45) is 4.31. The molecule has 0 bridgehead atoms. The van der Waals surface area contributed by atoms with Gasteiger partial charge in [0.15, 0.2) is 0 Å². The second-order valence-corrected chi connectivity index (χ2v) is 7.42. The van der Waals surface area contributed by atoms with E-state index >= 15 is 0 Å². The number of hydrogen-bond acceptors (Lipinski definition) is 4. The van der Waals surface area contributed by atoms with Gasteiger partial charge < -0.3 is 10.2 Å². The highest BCUT2D eigenvalue weighted by Gasteiger charge is 2.25. The van der Waals surface area contributed by atoms with Gasteiger partial charge in [-0.1, -0.05) is 24.6 Å². The molecule has 1 aliphatic rings. The van der Waals surface area contributed by atoms with Gasteiger partial charge in [-0.2, -0.15) is 5.10 Å². The van der Waals surface area contributed by atoms with Gasteiger partial charge in [0.05, 0.1) is 22.6 Å². The summed E-state index contributed by atoms with van der Waals surface area (Å²) in [5, 5.41) is 7.12. The first kappa shape index (κ1) is 20.8. The second kappa shape index (κ2) is 9.49. The molecule has 7 heteroatoms. The molecule has 154 valence electrons. The monoisotopic (exact) mass is 396 g/mol. The van der Waals surface area contributed by atoms with Gasteiger partial charge in [-0.15, -0.1) is 0 Å². The van der Waals surface area contributed by atoms with Crippen LogP contribution in [-0.2, 0) is 9.59 Å². The third-order valence-electron chi connectivity index (χ3n) is 5.29. The normalized spacial score (nSPS) is 14.6. The lowest BCUT2D eigenvalue weighted by molar-refractivity contribution is -0.130. The summed E-state index contributed by atoms with van der Waals surface area (Å²) in [5.74, 6) is -1.02. The number of aromatic nitrogens is 2. The highest BCUT2D eigenvalue weighted by Crippen LogP contribution is 2.18. The van der Waals surface area contributed by atoms with Crippen molar-refractivity contribution in [2.75, 3.05) is 19.6 Å². The fraction of sp³-hybridized carbons (Fsp3) is 0.455. The van der Waals surface area contributed by atoms with E-state index in [1.807, 2.05) is 35.2 Å². The molecule has 2 aromatic rings. The molecule has 1 N–H and O–H groups in total. The van der Waals surface area contributed by atoms with E-state index < -0.39 is 11.7 Å². The number of rotatable bonds is 7. The maximum atomic E-state index is 12.7. The number of hydrogen-bond donors (Lipinski definition) is 1. The Morgan fingerprint density at radius 1 is 1.10 bits per heavy atom. The number of nitrogens with zero attached hydrogens (tertiary/aromatic N) is 3. The van der Waals surface area contributed by atoms with Crippen LogP contribution in [0.1, 0.15) is 53.8 Å². The van der Waals surface area contributed by atoms with Crippen molar-refractivity contribution in [3.63, 3.8) is 0 Å². The quantitative estimate of drug-likeness (QED) is 0.443. The summed E-state index contributed by atoms with van der Waals surface area (Å²) < 4.78 is 1.68. The van der Waals surface area contributed by atoms with Crippen molar-refractivity contribution in [1.82, 2.24) is 20.0 Å². The van der Waals surface area contributed by atoms with Gasteiger partial charge >= 0.3 is 0 Å². The van der Waals surface area contributed by atoms with Crippen LogP contribution in [0.25, 0.3) is 5.69 Å². The van der Waals surface area contributed by atoms with Crippen molar-refractivity contribution in [3.05, 3.63) is 47.3 Å². The molecule has 2 amide bonds. The highest BCUT2D eigenvalue weighted by atomic mass is 16.2. The number of ketones is 1. The van der Waals surface area contributed by atoms with Crippen LogP contribution in [0.4, 0.5) is 0 Å². The van der Waals surface area contributed by atoms with E-state index in [0.29, 0.717) is 42.9 Å². The molecule has 1 aromatic carbocycles. The molecule has 29 heavy (non-hydrogen) atoms. The van der Waals surface area contributed by atoms with E-state index in [0.717, 1.165) is 31.5 Å². The molecule has 0 saturated carbocycles. The molecule has 0 spiro atoms. The number of Topliss-reactive ketones (excluding diaryl/α,β-unsaturated/α-hetero) is 1. The fourth-order valence-electron chi connectivity index (χ4n) is 3.73. The molecule has 2 heterocycles. The Morgan fingerprint density at radius 2 is 1.86 bits per heavy atom. The number of likely N-dealkylation sites (tertiary alicyclic amines) is 1. The summed E-state index contributed by atoms with van der Waals surface area (Å²) >= 11 is 0. The molecule has 7 nitrogen and oxygen atoms in total. The third-order valence-corrected chi connectivity index (χ3v) is 5.29. The van der Waals surface area contributed by atoms with Crippen LogP contribution in [0.5, 0.6) is 0 Å². The van der Waals surface area contributed by atoms with Gasteiger partial charge in [-0.25, -0.2) is 4.68 Å². The Morgan fingerprint density at radius 3 is 2.62 bits per heavy atom.